The minimum atomic E-state index is 0.402. The van der Waals surface area contributed by atoms with Crippen molar-refractivity contribution < 1.29 is 0 Å². The minimum absolute atomic E-state index is 0.402. The number of anilines is 1. The third-order valence-electron chi connectivity index (χ3n) is 2.89. The predicted molar refractivity (Wildman–Crippen MR) is 90.5 cm³/mol. The van der Waals surface area contributed by atoms with E-state index in [1.807, 2.05) is 36.4 Å². The van der Waals surface area contributed by atoms with Gasteiger partial charge < -0.3 is 5.73 Å². The second-order valence-electron chi connectivity index (χ2n) is 4.35. The number of nitrogen functional groups attached to an aromatic ring is 1. The second kappa shape index (κ2) is 5.91. The molecule has 0 amide bonds. The summed E-state index contributed by atoms with van der Waals surface area (Å²) in [6.07, 6.45) is 3.42. The Balaban J connectivity index is 2.19. The zero-order chi connectivity index (χ0) is 14.8. The van der Waals surface area contributed by atoms with Gasteiger partial charge in [0.25, 0.3) is 0 Å². The number of hydrogen-bond donors (Lipinski definition) is 1. The molecule has 0 bridgehead atoms. The van der Waals surface area contributed by atoms with Crippen molar-refractivity contribution in [2.45, 2.75) is 0 Å². The van der Waals surface area contributed by atoms with Crippen LogP contribution in [0.5, 0.6) is 0 Å². The van der Waals surface area contributed by atoms with Gasteiger partial charge >= 0.3 is 0 Å². The van der Waals surface area contributed by atoms with Gasteiger partial charge in [-0.25, -0.2) is 9.97 Å². The molecule has 4 nitrogen and oxygen atoms in total. The first-order chi connectivity index (χ1) is 10.1. The van der Waals surface area contributed by atoms with Crippen molar-refractivity contribution in [1.82, 2.24) is 15.0 Å². The third-order valence-corrected chi connectivity index (χ3v) is 4.10. The molecular weight excluding hydrogens is 396 g/mol. The first-order valence-electron chi connectivity index (χ1n) is 6.14. The lowest BCUT2D eigenvalue weighted by Gasteiger charge is -2.09. The standard InChI is InChI=1S/C15H10Br2N4/c16-11-6-10(7-19-8-11)15-20-13(12(17)14(18)21-15)9-4-2-1-3-5-9/h1-8H,(H2,18,20,21). The van der Waals surface area contributed by atoms with Gasteiger partial charge in [-0.05, 0) is 37.9 Å². The van der Waals surface area contributed by atoms with Crippen molar-refractivity contribution in [3.8, 4) is 22.6 Å². The molecule has 3 aromatic rings. The fourth-order valence-electron chi connectivity index (χ4n) is 1.92. The van der Waals surface area contributed by atoms with Crippen LogP contribution in [0.15, 0.2) is 57.7 Å². The van der Waals surface area contributed by atoms with Crippen molar-refractivity contribution in [1.29, 1.82) is 0 Å². The van der Waals surface area contributed by atoms with E-state index in [-0.39, 0.29) is 0 Å². The highest BCUT2D eigenvalue weighted by Gasteiger charge is 2.13. The lowest BCUT2D eigenvalue weighted by Crippen LogP contribution is -2.00. The van der Waals surface area contributed by atoms with Gasteiger partial charge in [0.15, 0.2) is 5.82 Å². The Bertz CT molecular complexity index is 791. The van der Waals surface area contributed by atoms with Crippen LogP contribution in [0.1, 0.15) is 0 Å². The number of hydrogen-bond acceptors (Lipinski definition) is 4. The van der Waals surface area contributed by atoms with Crippen molar-refractivity contribution in [2.75, 3.05) is 5.73 Å². The van der Waals surface area contributed by atoms with Crippen molar-refractivity contribution in [2.24, 2.45) is 0 Å². The lowest BCUT2D eigenvalue weighted by molar-refractivity contribution is 1.16. The molecule has 0 aliphatic carbocycles. The summed E-state index contributed by atoms with van der Waals surface area (Å²) in [5, 5.41) is 0. The van der Waals surface area contributed by atoms with Crippen LogP contribution in [0.4, 0.5) is 5.82 Å². The van der Waals surface area contributed by atoms with Gasteiger partial charge in [0.1, 0.15) is 5.82 Å². The Morgan fingerprint density at radius 2 is 1.67 bits per heavy atom. The molecule has 0 atom stereocenters. The van der Waals surface area contributed by atoms with Crippen LogP contribution in [-0.2, 0) is 0 Å². The maximum atomic E-state index is 6.00. The molecule has 0 fully saturated rings. The van der Waals surface area contributed by atoms with Crippen molar-refractivity contribution in [3.63, 3.8) is 0 Å². The molecule has 0 aliphatic heterocycles. The monoisotopic (exact) mass is 404 g/mol. The highest BCUT2D eigenvalue weighted by atomic mass is 79.9. The molecule has 2 heterocycles. The smallest absolute Gasteiger partial charge is 0.163 e. The van der Waals surface area contributed by atoms with Gasteiger partial charge in [0, 0.05) is 28.0 Å². The molecule has 0 saturated carbocycles. The number of nitrogens with two attached hydrogens (primary N) is 1. The maximum absolute atomic E-state index is 6.00. The molecule has 0 aliphatic rings. The Labute approximate surface area is 138 Å². The van der Waals surface area contributed by atoms with Gasteiger partial charge in [-0.15, -0.1) is 0 Å². The van der Waals surface area contributed by atoms with E-state index >= 15 is 0 Å². The Morgan fingerprint density at radius 3 is 2.38 bits per heavy atom. The van der Waals surface area contributed by atoms with Gasteiger partial charge in [-0.3, -0.25) is 4.98 Å². The topological polar surface area (TPSA) is 64.7 Å². The fourth-order valence-corrected chi connectivity index (χ4v) is 2.69. The Morgan fingerprint density at radius 1 is 0.905 bits per heavy atom. The van der Waals surface area contributed by atoms with Gasteiger partial charge in [0.2, 0.25) is 0 Å². The van der Waals surface area contributed by atoms with Crippen molar-refractivity contribution in [3.05, 3.63) is 57.7 Å². The highest BCUT2D eigenvalue weighted by Crippen LogP contribution is 2.32. The largest absolute Gasteiger partial charge is 0.383 e. The van der Waals surface area contributed by atoms with Crippen LogP contribution < -0.4 is 5.73 Å². The van der Waals surface area contributed by atoms with E-state index in [4.69, 9.17) is 5.73 Å². The molecule has 21 heavy (non-hydrogen) atoms. The SMILES string of the molecule is Nc1nc(-c2cncc(Br)c2)nc(-c2ccccc2)c1Br. The Kier molecular flexibility index (Phi) is 3.98. The summed E-state index contributed by atoms with van der Waals surface area (Å²) >= 11 is 6.86. The summed E-state index contributed by atoms with van der Waals surface area (Å²) in [5.74, 6) is 0.946. The number of nitrogens with zero attached hydrogens (tertiary/aromatic N) is 3. The fraction of sp³-hybridized carbons (Fsp3) is 0. The summed E-state index contributed by atoms with van der Waals surface area (Å²) in [7, 11) is 0. The molecule has 0 spiro atoms. The first kappa shape index (κ1) is 14.2. The summed E-state index contributed by atoms with van der Waals surface area (Å²) in [5.41, 5.74) is 8.55. The number of benzene rings is 1. The predicted octanol–water partition coefficient (Wildman–Crippen LogP) is 4.31. The minimum Gasteiger partial charge on any atom is -0.383 e. The summed E-state index contributed by atoms with van der Waals surface area (Å²) in [4.78, 5) is 13.1. The molecule has 104 valence electrons. The molecule has 1 aromatic carbocycles. The van der Waals surface area contributed by atoms with Gasteiger partial charge in [-0.1, -0.05) is 30.3 Å². The molecule has 0 radical (unpaired) electrons. The highest BCUT2D eigenvalue weighted by molar-refractivity contribution is 9.11. The maximum Gasteiger partial charge on any atom is 0.163 e. The zero-order valence-corrected chi connectivity index (χ0v) is 14.0. The number of rotatable bonds is 2. The van der Waals surface area contributed by atoms with Crippen LogP contribution in [0, 0.1) is 0 Å². The van der Waals surface area contributed by atoms with E-state index in [9.17, 15) is 0 Å². The molecule has 2 N–H and O–H groups in total. The zero-order valence-electron chi connectivity index (χ0n) is 10.8. The van der Waals surface area contributed by atoms with Crippen LogP contribution in [0.25, 0.3) is 22.6 Å². The van der Waals surface area contributed by atoms with E-state index in [1.165, 1.54) is 0 Å². The van der Waals surface area contributed by atoms with Gasteiger partial charge in [-0.2, -0.15) is 0 Å². The van der Waals surface area contributed by atoms with E-state index in [2.05, 4.69) is 46.8 Å². The third kappa shape index (κ3) is 2.96. The van der Waals surface area contributed by atoms with E-state index in [0.29, 0.717) is 16.1 Å². The van der Waals surface area contributed by atoms with Crippen LogP contribution in [0.3, 0.4) is 0 Å². The number of halogens is 2. The van der Waals surface area contributed by atoms with Crippen LogP contribution in [0.2, 0.25) is 0 Å². The molecule has 6 heteroatoms. The number of pyridine rings is 1. The average Bonchev–Trinajstić information content (AvgIpc) is 2.51. The summed E-state index contributed by atoms with van der Waals surface area (Å²) in [6.45, 7) is 0. The normalized spacial score (nSPS) is 10.6. The first-order valence-corrected chi connectivity index (χ1v) is 7.73. The molecule has 0 unspecified atom stereocenters. The molecule has 0 saturated heterocycles. The van der Waals surface area contributed by atoms with Crippen LogP contribution >= 0.6 is 31.9 Å². The number of aromatic nitrogens is 3. The quantitative estimate of drug-likeness (QED) is 0.689. The van der Waals surface area contributed by atoms with Crippen LogP contribution in [-0.4, -0.2) is 15.0 Å². The average molecular weight is 406 g/mol. The van der Waals surface area contributed by atoms with E-state index < -0.39 is 0 Å². The van der Waals surface area contributed by atoms with E-state index in [0.717, 1.165) is 21.3 Å². The van der Waals surface area contributed by atoms with E-state index in [1.54, 1.807) is 12.4 Å². The van der Waals surface area contributed by atoms with Gasteiger partial charge in [0.05, 0.1) is 10.2 Å². The second-order valence-corrected chi connectivity index (χ2v) is 6.06. The summed E-state index contributed by atoms with van der Waals surface area (Å²) < 4.78 is 1.56. The molecular formula is C15H10Br2N4. The summed E-state index contributed by atoms with van der Waals surface area (Å²) in [6, 6.07) is 11.7. The molecule has 2 aromatic heterocycles. The van der Waals surface area contributed by atoms with Crippen molar-refractivity contribution >= 4 is 37.7 Å². The molecule has 3 rings (SSSR count). The lowest BCUT2D eigenvalue weighted by atomic mass is 10.1. The Hall–Kier alpha value is -1.79.